The predicted octanol–water partition coefficient (Wildman–Crippen LogP) is 1.36. The van der Waals surface area contributed by atoms with Crippen LogP contribution in [0.25, 0.3) is 0 Å². The number of nitro groups is 1. The van der Waals surface area contributed by atoms with Crippen molar-refractivity contribution in [3.8, 4) is 0 Å². The summed E-state index contributed by atoms with van der Waals surface area (Å²) in [5.74, 6) is 0. The van der Waals surface area contributed by atoms with Gasteiger partial charge in [-0.3, -0.25) is 10.1 Å². The van der Waals surface area contributed by atoms with Gasteiger partial charge in [-0.1, -0.05) is 0 Å². The summed E-state index contributed by atoms with van der Waals surface area (Å²) in [6.07, 6.45) is 1.57. The number of nitro benzene ring substituents is 1. The molecule has 1 rings (SSSR count). The molecule has 0 aliphatic carbocycles. The second-order valence-electron chi connectivity index (χ2n) is 3.39. The van der Waals surface area contributed by atoms with Crippen LogP contribution in [0, 0.1) is 10.1 Å². The highest BCUT2D eigenvalue weighted by Crippen LogP contribution is 2.24. The molecule has 0 aromatic heterocycles. The number of anilines is 2. The van der Waals surface area contributed by atoms with Crippen molar-refractivity contribution in [1.29, 1.82) is 0 Å². The molecule has 4 N–H and O–H groups in total. The van der Waals surface area contributed by atoms with E-state index < -0.39 is 4.92 Å². The molecule has 0 spiro atoms. The number of nitrogen functional groups attached to an aromatic ring is 1. The van der Waals surface area contributed by atoms with Crippen LogP contribution in [0.2, 0.25) is 0 Å². The summed E-state index contributed by atoms with van der Waals surface area (Å²) in [4.78, 5) is 10.0. The summed E-state index contributed by atoms with van der Waals surface area (Å²) in [6.45, 7) is 0.877. The molecular weight excluding hydrogens is 210 g/mol. The highest BCUT2D eigenvalue weighted by Gasteiger charge is 2.10. The van der Waals surface area contributed by atoms with E-state index in [-0.39, 0.29) is 18.0 Å². The van der Waals surface area contributed by atoms with Crippen LogP contribution in [-0.4, -0.2) is 23.2 Å². The van der Waals surface area contributed by atoms with E-state index in [1.54, 1.807) is 6.07 Å². The van der Waals surface area contributed by atoms with Gasteiger partial charge in [-0.05, 0) is 25.0 Å². The van der Waals surface area contributed by atoms with Crippen LogP contribution in [0.3, 0.4) is 0 Å². The van der Waals surface area contributed by atoms with Crippen LogP contribution in [-0.2, 0) is 0 Å². The van der Waals surface area contributed by atoms with E-state index in [0.29, 0.717) is 6.54 Å². The van der Waals surface area contributed by atoms with E-state index in [4.69, 9.17) is 10.8 Å². The standard InChI is InChI=1S/C10H15N3O3/c11-9-7-8(12-5-1-2-6-14)3-4-10(9)13(15)16/h3-4,7,12,14H,1-2,5-6,11H2. The van der Waals surface area contributed by atoms with Gasteiger partial charge in [0, 0.05) is 24.9 Å². The number of hydrogen-bond acceptors (Lipinski definition) is 5. The Morgan fingerprint density at radius 3 is 2.75 bits per heavy atom. The largest absolute Gasteiger partial charge is 0.396 e. The van der Waals surface area contributed by atoms with Gasteiger partial charge >= 0.3 is 0 Å². The van der Waals surface area contributed by atoms with Crippen LogP contribution in [0.1, 0.15) is 12.8 Å². The fourth-order valence-electron chi connectivity index (χ4n) is 1.30. The molecule has 0 atom stereocenters. The Hall–Kier alpha value is -1.82. The van der Waals surface area contributed by atoms with Gasteiger partial charge in [0.25, 0.3) is 5.69 Å². The van der Waals surface area contributed by atoms with Crippen molar-refractivity contribution >= 4 is 17.1 Å². The molecule has 0 aliphatic heterocycles. The summed E-state index contributed by atoms with van der Waals surface area (Å²) in [5, 5.41) is 22.2. The number of nitrogens with zero attached hydrogens (tertiary/aromatic N) is 1. The molecule has 0 heterocycles. The number of nitrogens with two attached hydrogens (primary N) is 1. The number of aliphatic hydroxyl groups is 1. The van der Waals surface area contributed by atoms with E-state index in [1.165, 1.54) is 12.1 Å². The lowest BCUT2D eigenvalue weighted by atomic mass is 10.2. The lowest BCUT2D eigenvalue weighted by molar-refractivity contribution is -0.383. The fraction of sp³-hybridized carbons (Fsp3) is 0.400. The van der Waals surface area contributed by atoms with Crippen molar-refractivity contribution in [2.75, 3.05) is 24.2 Å². The molecule has 0 amide bonds. The summed E-state index contributed by atoms with van der Waals surface area (Å²) >= 11 is 0. The maximum Gasteiger partial charge on any atom is 0.292 e. The minimum atomic E-state index is -0.509. The van der Waals surface area contributed by atoms with E-state index >= 15 is 0 Å². The molecule has 0 saturated carbocycles. The third kappa shape index (κ3) is 3.39. The van der Waals surface area contributed by atoms with E-state index in [1.807, 2.05) is 0 Å². The van der Waals surface area contributed by atoms with Gasteiger partial charge in [0.2, 0.25) is 0 Å². The minimum Gasteiger partial charge on any atom is -0.396 e. The molecule has 16 heavy (non-hydrogen) atoms. The lowest BCUT2D eigenvalue weighted by Gasteiger charge is -2.06. The van der Waals surface area contributed by atoms with Crippen LogP contribution in [0.4, 0.5) is 17.1 Å². The first-order valence-corrected chi connectivity index (χ1v) is 5.04. The Kier molecular flexibility index (Phi) is 4.53. The molecule has 6 nitrogen and oxygen atoms in total. The summed E-state index contributed by atoms with van der Waals surface area (Å²) in [5.41, 5.74) is 6.35. The minimum absolute atomic E-state index is 0.0825. The SMILES string of the molecule is Nc1cc(NCCCCO)ccc1[N+](=O)[O-]. The molecular formula is C10H15N3O3. The number of unbranched alkanes of at least 4 members (excludes halogenated alkanes) is 1. The quantitative estimate of drug-likeness (QED) is 0.293. The molecule has 1 aromatic rings. The molecule has 0 saturated heterocycles. The molecule has 0 bridgehead atoms. The van der Waals surface area contributed by atoms with Gasteiger partial charge in [-0.25, -0.2) is 0 Å². The highest BCUT2D eigenvalue weighted by atomic mass is 16.6. The zero-order valence-electron chi connectivity index (χ0n) is 8.85. The first kappa shape index (κ1) is 12.3. The molecule has 1 aromatic carbocycles. The summed E-state index contributed by atoms with van der Waals surface area (Å²) in [7, 11) is 0. The maximum atomic E-state index is 10.5. The van der Waals surface area contributed by atoms with Crippen molar-refractivity contribution < 1.29 is 10.0 Å². The number of benzene rings is 1. The third-order valence-corrected chi connectivity index (χ3v) is 2.14. The van der Waals surface area contributed by atoms with Gasteiger partial charge in [-0.2, -0.15) is 0 Å². The fourth-order valence-corrected chi connectivity index (χ4v) is 1.30. The van der Waals surface area contributed by atoms with Crippen LogP contribution >= 0.6 is 0 Å². The van der Waals surface area contributed by atoms with Gasteiger partial charge < -0.3 is 16.2 Å². The average molecular weight is 225 g/mol. The van der Waals surface area contributed by atoms with Crippen LogP contribution in [0.15, 0.2) is 18.2 Å². The van der Waals surface area contributed by atoms with Crippen molar-refractivity contribution in [3.63, 3.8) is 0 Å². The predicted molar refractivity (Wildman–Crippen MR) is 62.3 cm³/mol. The third-order valence-electron chi connectivity index (χ3n) is 2.14. The molecule has 88 valence electrons. The van der Waals surface area contributed by atoms with E-state index in [0.717, 1.165) is 18.5 Å². The second-order valence-corrected chi connectivity index (χ2v) is 3.39. The molecule has 6 heteroatoms. The van der Waals surface area contributed by atoms with Gasteiger partial charge in [0.15, 0.2) is 0 Å². The van der Waals surface area contributed by atoms with Crippen LogP contribution in [0.5, 0.6) is 0 Å². The normalized spacial score (nSPS) is 10.1. The average Bonchev–Trinajstić information content (AvgIpc) is 2.24. The topological polar surface area (TPSA) is 101 Å². The zero-order chi connectivity index (χ0) is 12.0. The van der Waals surface area contributed by atoms with Gasteiger partial charge in [0.05, 0.1) is 4.92 Å². The zero-order valence-corrected chi connectivity index (χ0v) is 8.85. The number of nitrogens with one attached hydrogen (secondary N) is 1. The number of aliphatic hydroxyl groups excluding tert-OH is 1. The molecule has 0 aliphatic rings. The highest BCUT2D eigenvalue weighted by molar-refractivity contribution is 5.65. The monoisotopic (exact) mass is 225 g/mol. The van der Waals surface area contributed by atoms with Gasteiger partial charge in [0.1, 0.15) is 5.69 Å². The lowest BCUT2D eigenvalue weighted by Crippen LogP contribution is -2.03. The first-order valence-electron chi connectivity index (χ1n) is 5.04. The van der Waals surface area contributed by atoms with Gasteiger partial charge in [-0.15, -0.1) is 0 Å². The van der Waals surface area contributed by atoms with Crippen molar-refractivity contribution in [2.45, 2.75) is 12.8 Å². The Morgan fingerprint density at radius 2 is 2.19 bits per heavy atom. The smallest absolute Gasteiger partial charge is 0.292 e. The first-order chi connectivity index (χ1) is 7.65. The van der Waals surface area contributed by atoms with Crippen LogP contribution < -0.4 is 11.1 Å². The van der Waals surface area contributed by atoms with E-state index in [9.17, 15) is 10.1 Å². The molecule has 0 fully saturated rings. The number of hydrogen-bond donors (Lipinski definition) is 3. The molecule has 0 unspecified atom stereocenters. The summed E-state index contributed by atoms with van der Waals surface area (Å²) in [6, 6.07) is 4.54. The van der Waals surface area contributed by atoms with E-state index in [2.05, 4.69) is 5.32 Å². The Bertz CT molecular complexity index is 368. The maximum absolute atomic E-state index is 10.5. The number of rotatable bonds is 6. The molecule has 0 radical (unpaired) electrons. The van der Waals surface area contributed by atoms with Crippen molar-refractivity contribution in [2.24, 2.45) is 0 Å². The van der Waals surface area contributed by atoms with Crippen molar-refractivity contribution in [1.82, 2.24) is 0 Å². The Morgan fingerprint density at radius 1 is 1.44 bits per heavy atom. The Labute approximate surface area is 93.2 Å². The second kappa shape index (κ2) is 5.92. The van der Waals surface area contributed by atoms with Crippen molar-refractivity contribution in [3.05, 3.63) is 28.3 Å². The summed E-state index contributed by atoms with van der Waals surface area (Å²) < 4.78 is 0. The Balaban J connectivity index is 2.56.